The van der Waals surface area contributed by atoms with Gasteiger partial charge in [-0.2, -0.15) is 0 Å². The predicted molar refractivity (Wildman–Crippen MR) is 63.5 cm³/mol. The van der Waals surface area contributed by atoms with Crippen molar-refractivity contribution < 1.29 is 14.7 Å². The van der Waals surface area contributed by atoms with Crippen molar-refractivity contribution in [3.05, 3.63) is 0 Å². The number of carbonyl (C=O) groups is 2. The van der Waals surface area contributed by atoms with Crippen LogP contribution in [0.4, 0.5) is 0 Å². The van der Waals surface area contributed by atoms with E-state index in [2.05, 4.69) is 0 Å². The highest BCUT2D eigenvalue weighted by Gasteiger charge is 2.26. The summed E-state index contributed by atoms with van der Waals surface area (Å²) in [6, 6.07) is -0.153. The molecule has 0 spiro atoms. The summed E-state index contributed by atoms with van der Waals surface area (Å²) in [4.78, 5) is 26.1. The number of carboxylic acids is 1. The van der Waals surface area contributed by atoms with E-state index in [4.69, 9.17) is 10.8 Å². The monoisotopic (exact) mass is 243 g/mol. The van der Waals surface area contributed by atoms with Gasteiger partial charge in [-0.15, -0.1) is 0 Å². The van der Waals surface area contributed by atoms with Crippen molar-refractivity contribution in [1.82, 2.24) is 9.80 Å². The van der Waals surface area contributed by atoms with Gasteiger partial charge in [0.15, 0.2) is 0 Å². The molecule has 17 heavy (non-hydrogen) atoms. The SMILES string of the molecule is CC(N)C(C)C(=O)N1CCN(CC(=O)O)CC1. The molecule has 3 N–H and O–H groups in total. The molecule has 0 aromatic carbocycles. The molecule has 1 heterocycles. The minimum absolute atomic E-state index is 0.0465. The Morgan fingerprint density at radius 1 is 1.24 bits per heavy atom. The standard InChI is InChI=1S/C11H21N3O3/c1-8(9(2)12)11(17)14-5-3-13(4-6-14)7-10(15)16/h8-9H,3-7,12H2,1-2H3,(H,15,16). The molecule has 98 valence electrons. The van der Waals surface area contributed by atoms with Crippen LogP contribution in [0.1, 0.15) is 13.8 Å². The zero-order valence-electron chi connectivity index (χ0n) is 10.4. The number of rotatable bonds is 4. The summed E-state index contributed by atoms with van der Waals surface area (Å²) in [5.41, 5.74) is 5.70. The van der Waals surface area contributed by atoms with Gasteiger partial charge in [0.2, 0.25) is 5.91 Å². The lowest BCUT2D eigenvalue weighted by atomic mass is 10.0. The van der Waals surface area contributed by atoms with Gasteiger partial charge >= 0.3 is 5.97 Å². The summed E-state index contributed by atoms with van der Waals surface area (Å²) in [5, 5.41) is 8.66. The first-order valence-electron chi connectivity index (χ1n) is 5.90. The number of hydrogen-bond acceptors (Lipinski definition) is 4. The van der Waals surface area contributed by atoms with Crippen molar-refractivity contribution >= 4 is 11.9 Å². The second-order valence-corrected chi connectivity index (χ2v) is 4.64. The van der Waals surface area contributed by atoms with E-state index in [0.29, 0.717) is 26.2 Å². The van der Waals surface area contributed by atoms with Crippen LogP contribution in [0.3, 0.4) is 0 Å². The molecule has 1 saturated heterocycles. The number of nitrogens with zero attached hydrogens (tertiary/aromatic N) is 2. The van der Waals surface area contributed by atoms with Crippen LogP contribution in [0.15, 0.2) is 0 Å². The van der Waals surface area contributed by atoms with Crippen molar-refractivity contribution in [1.29, 1.82) is 0 Å². The molecule has 1 amide bonds. The van der Waals surface area contributed by atoms with Crippen molar-refractivity contribution in [3.63, 3.8) is 0 Å². The molecule has 6 heteroatoms. The summed E-state index contributed by atoms with van der Waals surface area (Å²) >= 11 is 0. The second-order valence-electron chi connectivity index (χ2n) is 4.64. The summed E-state index contributed by atoms with van der Waals surface area (Å²) in [6.07, 6.45) is 0. The Labute approximate surface area is 101 Å². The molecule has 1 aliphatic rings. The molecular formula is C11H21N3O3. The first kappa shape index (κ1) is 13.9. The zero-order valence-corrected chi connectivity index (χ0v) is 10.4. The van der Waals surface area contributed by atoms with E-state index in [0.717, 1.165) is 0 Å². The highest BCUT2D eigenvalue weighted by molar-refractivity contribution is 5.79. The Hall–Kier alpha value is -1.14. The number of carbonyl (C=O) groups excluding carboxylic acids is 1. The summed E-state index contributed by atoms with van der Waals surface area (Å²) in [6.45, 7) is 6.10. The predicted octanol–water partition coefficient (Wildman–Crippen LogP) is -0.801. The average Bonchev–Trinajstić information content (AvgIpc) is 2.27. The number of aliphatic carboxylic acids is 1. The van der Waals surface area contributed by atoms with E-state index in [1.165, 1.54) is 0 Å². The van der Waals surface area contributed by atoms with Gasteiger partial charge in [-0.1, -0.05) is 6.92 Å². The summed E-state index contributed by atoms with van der Waals surface area (Å²) in [5.74, 6) is -0.940. The lowest BCUT2D eigenvalue weighted by Gasteiger charge is -2.35. The van der Waals surface area contributed by atoms with Gasteiger partial charge < -0.3 is 15.7 Å². The van der Waals surface area contributed by atoms with Gasteiger partial charge in [0.05, 0.1) is 12.5 Å². The number of hydrogen-bond donors (Lipinski definition) is 2. The van der Waals surface area contributed by atoms with E-state index in [9.17, 15) is 9.59 Å². The molecule has 6 nitrogen and oxygen atoms in total. The molecule has 1 rings (SSSR count). The Morgan fingerprint density at radius 3 is 2.18 bits per heavy atom. The molecule has 2 atom stereocenters. The lowest BCUT2D eigenvalue weighted by molar-refractivity contribution is -0.140. The third-order valence-electron chi connectivity index (χ3n) is 3.22. The van der Waals surface area contributed by atoms with Crippen LogP contribution in [0.25, 0.3) is 0 Å². The number of amides is 1. The van der Waals surface area contributed by atoms with Gasteiger partial charge in [-0.3, -0.25) is 14.5 Å². The molecule has 0 saturated carbocycles. The molecule has 0 aromatic heterocycles. The molecule has 1 fully saturated rings. The first-order valence-corrected chi connectivity index (χ1v) is 5.90. The lowest BCUT2D eigenvalue weighted by Crippen LogP contribution is -2.52. The molecule has 2 unspecified atom stereocenters. The number of piperazine rings is 1. The number of nitrogens with two attached hydrogens (primary N) is 1. The van der Waals surface area contributed by atoms with Crippen LogP contribution >= 0.6 is 0 Å². The molecule has 0 aromatic rings. The van der Waals surface area contributed by atoms with Crippen molar-refractivity contribution in [2.75, 3.05) is 32.7 Å². The van der Waals surface area contributed by atoms with Crippen molar-refractivity contribution in [2.45, 2.75) is 19.9 Å². The van der Waals surface area contributed by atoms with Crippen LogP contribution in [0.5, 0.6) is 0 Å². The van der Waals surface area contributed by atoms with E-state index in [-0.39, 0.29) is 24.4 Å². The maximum Gasteiger partial charge on any atom is 0.317 e. The topological polar surface area (TPSA) is 86.9 Å². The maximum absolute atomic E-state index is 12.0. The van der Waals surface area contributed by atoms with Gasteiger partial charge in [0.1, 0.15) is 0 Å². The summed E-state index contributed by atoms with van der Waals surface area (Å²) < 4.78 is 0. The maximum atomic E-state index is 12.0. The molecular weight excluding hydrogens is 222 g/mol. The zero-order chi connectivity index (χ0) is 13.0. The van der Waals surface area contributed by atoms with Gasteiger partial charge in [0, 0.05) is 32.2 Å². The van der Waals surface area contributed by atoms with Crippen molar-refractivity contribution in [2.24, 2.45) is 11.7 Å². The number of carboxylic acid groups (broad SMARTS) is 1. The van der Waals surface area contributed by atoms with E-state index in [1.807, 2.05) is 18.7 Å². The van der Waals surface area contributed by atoms with E-state index >= 15 is 0 Å². The average molecular weight is 243 g/mol. The van der Waals surface area contributed by atoms with Gasteiger partial charge in [0.25, 0.3) is 0 Å². The Kier molecular flexibility index (Phi) is 4.89. The minimum Gasteiger partial charge on any atom is -0.480 e. The Morgan fingerprint density at radius 2 is 1.76 bits per heavy atom. The minimum atomic E-state index is -0.825. The third-order valence-corrected chi connectivity index (χ3v) is 3.22. The molecule has 1 aliphatic heterocycles. The fourth-order valence-electron chi connectivity index (χ4n) is 1.83. The summed E-state index contributed by atoms with van der Waals surface area (Å²) in [7, 11) is 0. The van der Waals surface area contributed by atoms with E-state index in [1.54, 1.807) is 4.90 Å². The van der Waals surface area contributed by atoms with Crippen LogP contribution in [-0.2, 0) is 9.59 Å². The smallest absolute Gasteiger partial charge is 0.317 e. The van der Waals surface area contributed by atoms with E-state index < -0.39 is 5.97 Å². The Balaban J connectivity index is 2.41. The van der Waals surface area contributed by atoms with Crippen LogP contribution in [0, 0.1) is 5.92 Å². The van der Waals surface area contributed by atoms with Crippen LogP contribution < -0.4 is 5.73 Å². The molecule has 0 radical (unpaired) electrons. The second kappa shape index (κ2) is 5.97. The largest absolute Gasteiger partial charge is 0.480 e. The van der Waals surface area contributed by atoms with Gasteiger partial charge in [-0.25, -0.2) is 0 Å². The highest BCUT2D eigenvalue weighted by atomic mass is 16.4. The Bertz CT molecular complexity index is 286. The fraction of sp³-hybridized carbons (Fsp3) is 0.818. The first-order chi connectivity index (χ1) is 7.91. The molecule has 0 aliphatic carbocycles. The van der Waals surface area contributed by atoms with Crippen LogP contribution in [0.2, 0.25) is 0 Å². The van der Waals surface area contributed by atoms with Crippen LogP contribution in [-0.4, -0.2) is 65.5 Å². The normalized spacial score (nSPS) is 21.0. The fourth-order valence-corrected chi connectivity index (χ4v) is 1.83. The third kappa shape index (κ3) is 3.98. The quantitative estimate of drug-likeness (QED) is 0.675. The van der Waals surface area contributed by atoms with Crippen molar-refractivity contribution in [3.8, 4) is 0 Å². The van der Waals surface area contributed by atoms with Gasteiger partial charge in [-0.05, 0) is 6.92 Å². The highest BCUT2D eigenvalue weighted by Crippen LogP contribution is 2.09. The molecule has 0 bridgehead atoms.